The number of aliphatic hydroxyl groups excluding tert-OH is 1. The van der Waals surface area contributed by atoms with Gasteiger partial charge >= 0.3 is 11.9 Å². The molecule has 1 atom stereocenters. The van der Waals surface area contributed by atoms with Crippen molar-refractivity contribution in [3.05, 3.63) is 65.7 Å². The van der Waals surface area contributed by atoms with E-state index in [4.69, 9.17) is 9.47 Å². The van der Waals surface area contributed by atoms with Crippen LogP contribution in [0, 0.1) is 0 Å². The van der Waals surface area contributed by atoms with Crippen molar-refractivity contribution in [3.8, 4) is 5.75 Å². The van der Waals surface area contributed by atoms with E-state index in [1.165, 1.54) is 24.3 Å². The van der Waals surface area contributed by atoms with Crippen LogP contribution in [-0.4, -0.2) is 23.7 Å². The zero-order valence-electron chi connectivity index (χ0n) is 12.1. The Morgan fingerprint density at radius 3 is 2.27 bits per heavy atom. The van der Waals surface area contributed by atoms with Gasteiger partial charge in [0.25, 0.3) is 0 Å². The molecule has 22 heavy (non-hydrogen) atoms. The SMILES string of the molecule is CCOC(=O)C(O)c1ccc(OC(=O)c2ccccc2)cc1. The first-order valence-electron chi connectivity index (χ1n) is 6.83. The van der Waals surface area contributed by atoms with Crippen LogP contribution >= 0.6 is 0 Å². The first-order valence-corrected chi connectivity index (χ1v) is 6.83. The predicted octanol–water partition coefficient (Wildman–Crippen LogP) is 2.50. The lowest BCUT2D eigenvalue weighted by molar-refractivity contribution is -0.153. The molecule has 1 N–H and O–H groups in total. The summed E-state index contributed by atoms with van der Waals surface area (Å²) in [5.74, 6) is -0.857. The molecule has 2 aromatic rings. The molecular formula is C17H16O5. The summed E-state index contributed by atoms with van der Waals surface area (Å²) in [5, 5.41) is 9.79. The number of aliphatic hydroxyl groups is 1. The molecule has 114 valence electrons. The van der Waals surface area contributed by atoms with Crippen LogP contribution in [0.2, 0.25) is 0 Å². The number of ether oxygens (including phenoxy) is 2. The molecule has 5 nitrogen and oxygen atoms in total. The van der Waals surface area contributed by atoms with E-state index in [-0.39, 0.29) is 6.61 Å². The summed E-state index contributed by atoms with van der Waals surface area (Å²) >= 11 is 0. The lowest BCUT2D eigenvalue weighted by Gasteiger charge is -2.10. The van der Waals surface area contributed by atoms with E-state index in [1.54, 1.807) is 31.2 Å². The second-order valence-electron chi connectivity index (χ2n) is 4.48. The summed E-state index contributed by atoms with van der Waals surface area (Å²) in [6.45, 7) is 1.86. The zero-order valence-corrected chi connectivity index (χ0v) is 12.1. The monoisotopic (exact) mass is 300 g/mol. The largest absolute Gasteiger partial charge is 0.464 e. The van der Waals surface area contributed by atoms with E-state index in [2.05, 4.69) is 0 Å². The maximum Gasteiger partial charge on any atom is 0.343 e. The third-order valence-corrected chi connectivity index (χ3v) is 2.93. The van der Waals surface area contributed by atoms with Crippen LogP contribution in [0.15, 0.2) is 54.6 Å². The van der Waals surface area contributed by atoms with Gasteiger partial charge in [0.1, 0.15) is 5.75 Å². The van der Waals surface area contributed by atoms with Gasteiger partial charge in [0.2, 0.25) is 0 Å². The van der Waals surface area contributed by atoms with Crippen molar-refractivity contribution < 1.29 is 24.2 Å². The Bertz CT molecular complexity index is 634. The van der Waals surface area contributed by atoms with E-state index in [0.717, 1.165) is 0 Å². The zero-order chi connectivity index (χ0) is 15.9. The minimum Gasteiger partial charge on any atom is -0.464 e. The molecule has 0 aromatic heterocycles. The summed E-state index contributed by atoms with van der Waals surface area (Å²) in [6.07, 6.45) is -1.35. The standard InChI is InChI=1S/C17H16O5/c1-2-21-17(20)15(18)12-8-10-14(11-9-12)22-16(19)13-6-4-3-5-7-13/h3-11,15,18H,2H2,1H3. The molecule has 0 aliphatic rings. The Morgan fingerprint density at radius 1 is 1.05 bits per heavy atom. The van der Waals surface area contributed by atoms with Crippen LogP contribution in [0.4, 0.5) is 0 Å². The molecule has 0 heterocycles. The second-order valence-corrected chi connectivity index (χ2v) is 4.48. The summed E-state index contributed by atoms with van der Waals surface area (Å²) in [5.41, 5.74) is 0.816. The van der Waals surface area contributed by atoms with Gasteiger partial charge in [-0.3, -0.25) is 0 Å². The molecule has 0 fully saturated rings. The van der Waals surface area contributed by atoms with E-state index >= 15 is 0 Å². The first-order chi connectivity index (χ1) is 10.6. The van der Waals surface area contributed by atoms with Crippen molar-refractivity contribution in [1.82, 2.24) is 0 Å². The van der Waals surface area contributed by atoms with E-state index in [0.29, 0.717) is 16.9 Å². The Balaban J connectivity index is 2.03. The molecule has 0 aliphatic heterocycles. The molecule has 1 unspecified atom stereocenters. The average Bonchev–Trinajstić information content (AvgIpc) is 2.56. The normalized spacial score (nSPS) is 11.5. The second kappa shape index (κ2) is 7.38. The highest BCUT2D eigenvalue weighted by Crippen LogP contribution is 2.19. The van der Waals surface area contributed by atoms with Crippen LogP contribution in [0.3, 0.4) is 0 Å². The van der Waals surface area contributed by atoms with Gasteiger partial charge in [-0.05, 0) is 36.8 Å². The number of carbonyl (C=O) groups excluding carboxylic acids is 2. The fraction of sp³-hybridized carbons (Fsp3) is 0.176. The molecule has 0 amide bonds. The van der Waals surface area contributed by atoms with Crippen molar-refractivity contribution in [3.63, 3.8) is 0 Å². The lowest BCUT2D eigenvalue weighted by Crippen LogP contribution is -2.15. The molecule has 2 aromatic carbocycles. The topological polar surface area (TPSA) is 72.8 Å². The number of benzene rings is 2. The third-order valence-electron chi connectivity index (χ3n) is 2.93. The van der Waals surface area contributed by atoms with Gasteiger partial charge in [-0.25, -0.2) is 9.59 Å². The number of carbonyl (C=O) groups is 2. The number of hydrogen-bond donors (Lipinski definition) is 1. The fourth-order valence-electron chi connectivity index (χ4n) is 1.82. The molecule has 5 heteroatoms. The highest BCUT2D eigenvalue weighted by Gasteiger charge is 2.18. The maximum atomic E-state index is 11.9. The molecule has 0 aliphatic carbocycles. The highest BCUT2D eigenvalue weighted by atomic mass is 16.5. The van der Waals surface area contributed by atoms with Crippen LogP contribution in [0.25, 0.3) is 0 Å². The van der Waals surface area contributed by atoms with E-state index in [1.807, 2.05) is 6.07 Å². The van der Waals surface area contributed by atoms with E-state index < -0.39 is 18.0 Å². The van der Waals surface area contributed by atoms with E-state index in [9.17, 15) is 14.7 Å². The Labute approximate surface area is 128 Å². The van der Waals surface area contributed by atoms with Crippen LogP contribution in [0.1, 0.15) is 28.9 Å². The Hall–Kier alpha value is -2.66. The minimum absolute atomic E-state index is 0.197. The summed E-state index contributed by atoms with van der Waals surface area (Å²) in [4.78, 5) is 23.3. The molecule has 0 saturated heterocycles. The van der Waals surface area contributed by atoms with Crippen molar-refractivity contribution in [2.45, 2.75) is 13.0 Å². The van der Waals surface area contributed by atoms with Crippen molar-refractivity contribution in [2.24, 2.45) is 0 Å². The van der Waals surface area contributed by atoms with Crippen molar-refractivity contribution >= 4 is 11.9 Å². The summed E-state index contributed by atoms with van der Waals surface area (Å²) in [7, 11) is 0. The molecule has 0 saturated carbocycles. The van der Waals surface area contributed by atoms with Crippen LogP contribution in [0.5, 0.6) is 5.75 Å². The lowest BCUT2D eigenvalue weighted by atomic mass is 10.1. The molecule has 0 spiro atoms. The molecule has 2 rings (SSSR count). The van der Waals surface area contributed by atoms with Gasteiger partial charge in [-0.1, -0.05) is 30.3 Å². The van der Waals surface area contributed by atoms with Gasteiger partial charge in [-0.2, -0.15) is 0 Å². The molecule has 0 bridgehead atoms. The Kier molecular flexibility index (Phi) is 5.27. The maximum absolute atomic E-state index is 11.9. The summed E-state index contributed by atoms with van der Waals surface area (Å²) < 4.78 is 9.94. The van der Waals surface area contributed by atoms with Gasteiger partial charge in [-0.15, -0.1) is 0 Å². The Morgan fingerprint density at radius 2 is 1.68 bits per heavy atom. The highest BCUT2D eigenvalue weighted by molar-refractivity contribution is 5.91. The molecule has 0 radical (unpaired) electrons. The van der Waals surface area contributed by atoms with Gasteiger partial charge in [0, 0.05) is 0 Å². The summed E-state index contributed by atoms with van der Waals surface area (Å²) in [6, 6.07) is 14.6. The predicted molar refractivity (Wildman–Crippen MR) is 79.4 cm³/mol. The van der Waals surface area contributed by atoms with Crippen molar-refractivity contribution in [1.29, 1.82) is 0 Å². The first kappa shape index (κ1) is 15.7. The van der Waals surface area contributed by atoms with Crippen LogP contribution < -0.4 is 4.74 Å². The van der Waals surface area contributed by atoms with Gasteiger partial charge in [0.15, 0.2) is 6.10 Å². The van der Waals surface area contributed by atoms with Crippen molar-refractivity contribution in [2.75, 3.05) is 6.61 Å². The fourth-order valence-corrected chi connectivity index (χ4v) is 1.82. The van der Waals surface area contributed by atoms with Crippen LogP contribution in [-0.2, 0) is 9.53 Å². The minimum atomic E-state index is -1.35. The van der Waals surface area contributed by atoms with Gasteiger partial charge < -0.3 is 14.6 Å². The molecular weight excluding hydrogens is 284 g/mol. The number of esters is 2. The third kappa shape index (κ3) is 3.93. The van der Waals surface area contributed by atoms with Gasteiger partial charge in [0.05, 0.1) is 12.2 Å². The number of rotatable bonds is 5. The number of hydrogen-bond acceptors (Lipinski definition) is 5. The average molecular weight is 300 g/mol. The smallest absolute Gasteiger partial charge is 0.343 e. The quantitative estimate of drug-likeness (QED) is 0.678.